The van der Waals surface area contributed by atoms with Crippen LogP contribution in [-0.4, -0.2) is 17.9 Å². The predicted octanol–water partition coefficient (Wildman–Crippen LogP) is 2.81. The minimum Gasteiger partial charge on any atom is -0.466 e. The number of hydrogen-bond donors (Lipinski definition) is 1. The summed E-state index contributed by atoms with van der Waals surface area (Å²) >= 11 is 5.02. The number of carbonyl (C=O) groups excluding carboxylic acids is 1. The van der Waals surface area contributed by atoms with Gasteiger partial charge in [-0.05, 0) is 32.0 Å². The lowest BCUT2D eigenvalue weighted by Crippen LogP contribution is -2.28. The van der Waals surface area contributed by atoms with Gasteiger partial charge in [-0.1, -0.05) is 24.4 Å². The van der Waals surface area contributed by atoms with E-state index >= 15 is 0 Å². The van der Waals surface area contributed by atoms with Crippen LogP contribution in [0.1, 0.15) is 27.4 Å². The van der Waals surface area contributed by atoms with Crippen molar-refractivity contribution in [2.24, 2.45) is 5.73 Å². The van der Waals surface area contributed by atoms with Crippen LogP contribution >= 0.6 is 12.2 Å². The maximum Gasteiger partial charge on any atom is 0.261 e. The number of benzene rings is 1. The summed E-state index contributed by atoms with van der Waals surface area (Å²) < 4.78 is 5.40. The molecule has 0 aliphatic rings. The fourth-order valence-electron chi connectivity index (χ4n) is 2.11. The molecule has 5 heteroatoms. The zero-order chi connectivity index (χ0) is 14.9. The lowest BCUT2D eigenvalue weighted by molar-refractivity contribution is 0.0991. The molecule has 0 bridgehead atoms. The summed E-state index contributed by atoms with van der Waals surface area (Å²) in [4.78, 5) is 14.3. The quantitative estimate of drug-likeness (QED) is 0.882. The highest BCUT2D eigenvalue weighted by Gasteiger charge is 2.20. The lowest BCUT2D eigenvalue weighted by atomic mass is 10.1. The van der Waals surface area contributed by atoms with Crippen molar-refractivity contribution in [3.05, 3.63) is 53.0 Å². The minimum atomic E-state index is -0.150. The van der Waals surface area contributed by atoms with E-state index in [9.17, 15) is 4.79 Å². The number of nitrogens with zero attached hydrogens (tertiary/aromatic N) is 1. The van der Waals surface area contributed by atoms with E-state index in [1.54, 1.807) is 26.1 Å². The number of nitrogens with two attached hydrogens (primary N) is 1. The van der Waals surface area contributed by atoms with Gasteiger partial charge in [0.25, 0.3) is 5.91 Å². The van der Waals surface area contributed by atoms with E-state index < -0.39 is 0 Å². The van der Waals surface area contributed by atoms with Gasteiger partial charge in [-0.2, -0.15) is 0 Å². The number of amides is 1. The van der Waals surface area contributed by atoms with Gasteiger partial charge in [0.1, 0.15) is 16.5 Å². The van der Waals surface area contributed by atoms with Crippen molar-refractivity contribution in [3.63, 3.8) is 0 Å². The van der Waals surface area contributed by atoms with Crippen molar-refractivity contribution in [1.29, 1.82) is 0 Å². The molecule has 2 aromatic rings. The van der Waals surface area contributed by atoms with Crippen LogP contribution in [0.2, 0.25) is 0 Å². The molecule has 104 valence electrons. The largest absolute Gasteiger partial charge is 0.466 e. The molecule has 4 nitrogen and oxygen atoms in total. The Hall–Kier alpha value is -2.14. The fourth-order valence-corrected chi connectivity index (χ4v) is 2.28. The standard InChI is InChI=1S/C15H16N2O2S/c1-9-8-12(10(2)19-9)15(18)17(3)13-7-5-4-6-11(13)14(16)20/h4-8H,1-3H3,(H2,16,20). The van der Waals surface area contributed by atoms with Crippen LogP contribution in [0.5, 0.6) is 0 Å². The van der Waals surface area contributed by atoms with E-state index in [0.717, 1.165) is 0 Å². The first-order chi connectivity index (χ1) is 9.41. The minimum absolute atomic E-state index is 0.150. The van der Waals surface area contributed by atoms with Gasteiger partial charge in [0.2, 0.25) is 0 Å². The van der Waals surface area contributed by atoms with Crippen LogP contribution in [0.25, 0.3) is 0 Å². The summed E-state index contributed by atoms with van der Waals surface area (Å²) in [7, 11) is 1.70. The third-order valence-electron chi connectivity index (χ3n) is 3.11. The number of aryl methyl sites for hydroxylation is 2. The van der Waals surface area contributed by atoms with E-state index in [2.05, 4.69) is 0 Å². The first kappa shape index (κ1) is 14.3. The van der Waals surface area contributed by atoms with E-state index in [0.29, 0.717) is 28.3 Å². The molecular formula is C15H16N2O2S. The number of hydrogen-bond acceptors (Lipinski definition) is 3. The van der Waals surface area contributed by atoms with Crippen LogP contribution in [0.4, 0.5) is 5.69 Å². The van der Waals surface area contributed by atoms with Crippen molar-refractivity contribution in [1.82, 2.24) is 0 Å². The van der Waals surface area contributed by atoms with Crippen molar-refractivity contribution in [2.75, 3.05) is 11.9 Å². The summed E-state index contributed by atoms with van der Waals surface area (Å²) in [5.41, 5.74) is 7.60. The summed E-state index contributed by atoms with van der Waals surface area (Å²) in [6, 6.07) is 9.03. The molecule has 0 fully saturated rings. The molecule has 0 radical (unpaired) electrons. The zero-order valence-corrected chi connectivity index (χ0v) is 12.5. The van der Waals surface area contributed by atoms with Gasteiger partial charge in [0.05, 0.1) is 11.3 Å². The van der Waals surface area contributed by atoms with Crippen molar-refractivity contribution < 1.29 is 9.21 Å². The van der Waals surface area contributed by atoms with Gasteiger partial charge < -0.3 is 15.1 Å². The first-order valence-electron chi connectivity index (χ1n) is 6.15. The highest BCUT2D eigenvalue weighted by atomic mass is 32.1. The zero-order valence-electron chi connectivity index (χ0n) is 11.6. The van der Waals surface area contributed by atoms with Gasteiger partial charge >= 0.3 is 0 Å². The number of furan rings is 1. The molecule has 0 unspecified atom stereocenters. The molecule has 1 aromatic heterocycles. The Morgan fingerprint density at radius 2 is 1.90 bits per heavy atom. The van der Waals surface area contributed by atoms with Crippen LogP contribution < -0.4 is 10.6 Å². The van der Waals surface area contributed by atoms with Gasteiger partial charge in [-0.15, -0.1) is 0 Å². The van der Waals surface area contributed by atoms with E-state index in [4.69, 9.17) is 22.4 Å². The molecule has 2 N–H and O–H groups in total. The molecule has 1 amide bonds. The first-order valence-corrected chi connectivity index (χ1v) is 6.56. The van der Waals surface area contributed by atoms with E-state index in [1.165, 1.54) is 4.90 Å². The molecular weight excluding hydrogens is 272 g/mol. The smallest absolute Gasteiger partial charge is 0.261 e. The number of rotatable bonds is 3. The number of para-hydroxylation sites is 1. The molecule has 1 aromatic carbocycles. The number of thiocarbonyl (C=S) groups is 1. The van der Waals surface area contributed by atoms with E-state index in [1.807, 2.05) is 25.1 Å². The van der Waals surface area contributed by atoms with Gasteiger partial charge in [-0.3, -0.25) is 4.79 Å². The topological polar surface area (TPSA) is 59.5 Å². The normalized spacial score (nSPS) is 10.3. The highest BCUT2D eigenvalue weighted by Crippen LogP contribution is 2.23. The molecule has 0 aliphatic heterocycles. The Bertz CT molecular complexity index is 676. The Labute approximate surface area is 123 Å². The Morgan fingerprint density at radius 3 is 2.45 bits per heavy atom. The summed E-state index contributed by atoms with van der Waals surface area (Å²) in [6.07, 6.45) is 0. The predicted molar refractivity (Wildman–Crippen MR) is 83.2 cm³/mol. The van der Waals surface area contributed by atoms with Gasteiger partial charge in [-0.25, -0.2) is 0 Å². The molecule has 0 atom stereocenters. The van der Waals surface area contributed by atoms with Gasteiger partial charge in [0.15, 0.2) is 0 Å². The lowest BCUT2D eigenvalue weighted by Gasteiger charge is -2.20. The van der Waals surface area contributed by atoms with Crippen LogP contribution in [-0.2, 0) is 0 Å². The molecule has 0 spiro atoms. The Morgan fingerprint density at radius 1 is 1.25 bits per heavy atom. The third kappa shape index (κ3) is 2.58. The van der Waals surface area contributed by atoms with Crippen LogP contribution in [0, 0.1) is 13.8 Å². The molecule has 0 aliphatic carbocycles. The Balaban J connectivity index is 2.41. The SMILES string of the molecule is Cc1cc(C(=O)N(C)c2ccccc2C(N)=S)c(C)o1. The van der Waals surface area contributed by atoms with Crippen molar-refractivity contribution >= 4 is 28.8 Å². The average molecular weight is 288 g/mol. The summed E-state index contributed by atoms with van der Waals surface area (Å²) in [5, 5.41) is 0. The second-order valence-electron chi connectivity index (χ2n) is 4.57. The summed E-state index contributed by atoms with van der Waals surface area (Å²) in [6.45, 7) is 3.58. The molecule has 0 saturated heterocycles. The highest BCUT2D eigenvalue weighted by molar-refractivity contribution is 7.80. The second-order valence-corrected chi connectivity index (χ2v) is 5.01. The number of carbonyl (C=O) groups is 1. The molecule has 2 rings (SSSR count). The molecule has 20 heavy (non-hydrogen) atoms. The number of anilines is 1. The molecule has 0 saturated carbocycles. The van der Waals surface area contributed by atoms with Crippen molar-refractivity contribution in [3.8, 4) is 0 Å². The fraction of sp³-hybridized carbons (Fsp3) is 0.200. The second kappa shape index (κ2) is 5.46. The Kier molecular flexibility index (Phi) is 3.90. The average Bonchev–Trinajstić information content (AvgIpc) is 2.76. The van der Waals surface area contributed by atoms with Crippen LogP contribution in [0.3, 0.4) is 0 Å². The maximum atomic E-state index is 12.5. The maximum absolute atomic E-state index is 12.5. The van der Waals surface area contributed by atoms with Crippen LogP contribution in [0.15, 0.2) is 34.7 Å². The van der Waals surface area contributed by atoms with E-state index in [-0.39, 0.29) is 10.9 Å². The van der Waals surface area contributed by atoms with Gasteiger partial charge in [0, 0.05) is 12.6 Å². The summed E-state index contributed by atoms with van der Waals surface area (Å²) in [5.74, 6) is 1.16. The molecule has 1 heterocycles. The monoisotopic (exact) mass is 288 g/mol. The third-order valence-corrected chi connectivity index (χ3v) is 3.33. The van der Waals surface area contributed by atoms with Crippen molar-refractivity contribution in [2.45, 2.75) is 13.8 Å².